The first kappa shape index (κ1) is 17.5. The van der Waals surface area contributed by atoms with Crippen LogP contribution >= 0.6 is 0 Å². The molecule has 24 heavy (non-hydrogen) atoms. The molecule has 7 heteroatoms. The molecule has 1 spiro atoms. The minimum Gasteiger partial charge on any atom is -0.315 e. The Labute approximate surface area is 141 Å². The summed E-state index contributed by atoms with van der Waals surface area (Å²) in [5.41, 5.74) is 1.33. The number of rotatable bonds is 6. The van der Waals surface area contributed by atoms with E-state index in [-0.39, 0.29) is 4.90 Å². The molecule has 1 N–H and O–H groups in total. The predicted octanol–water partition coefficient (Wildman–Crippen LogP) is 2.42. The van der Waals surface area contributed by atoms with Crippen molar-refractivity contribution >= 4 is 9.84 Å². The van der Waals surface area contributed by atoms with Gasteiger partial charge in [0.05, 0.1) is 4.90 Å². The van der Waals surface area contributed by atoms with Gasteiger partial charge in [-0.05, 0) is 30.7 Å². The molecule has 4 nitrogen and oxygen atoms in total. The van der Waals surface area contributed by atoms with Crippen LogP contribution in [0, 0.1) is 5.41 Å². The molecule has 0 radical (unpaired) electrons. The second-order valence-electron chi connectivity index (χ2n) is 6.84. The van der Waals surface area contributed by atoms with Crippen LogP contribution < -0.4 is 5.32 Å². The standard InChI is InChI=1S/C17H22F2N2O2S/c1-2-7-17(18,19)24(22,23)15-5-3-14(4-6-15)10-21-9-8-16(13-21)11-20-12-16/h2-6,20H,1,7-13H2. The lowest BCUT2D eigenvalue weighted by Gasteiger charge is -2.39. The lowest BCUT2D eigenvalue weighted by molar-refractivity contribution is 0.0956. The summed E-state index contributed by atoms with van der Waals surface area (Å²) in [5, 5.41) is -0.519. The van der Waals surface area contributed by atoms with Gasteiger partial charge in [0.15, 0.2) is 0 Å². The largest absolute Gasteiger partial charge is 0.353 e. The fourth-order valence-corrected chi connectivity index (χ4v) is 4.59. The predicted molar refractivity (Wildman–Crippen MR) is 88.6 cm³/mol. The SMILES string of the molecule is C=CCC(F)(F)S(=O)(=O)c1ccc(CN2CCC3(CNC3)C2)cc1. The van der Waals surface area contributed by atoms with E-state index < -0.39 is 21.5 Å². The van der Waals surface area contributed by atoms with Crippen molar-refractivity contribution in [2.45, 2.75) is 29.5 Å². The zero-order valence-electron chi connectivity index (χ0n) is 13.5. The summed E-state index contributed by atoms with van der Waals surface area (Å²) >= 11 is 0. The van der Waals surface area contributed by atoms with E-state index in [1.807, 2.05) is 0 Å². The maximum Gasteiger partial charge on any atom is 0.353 e. The molecule has 0 saturated carbocycles. The van der Waals surface area contributed by atoms with Gasteiger partial charge in [-0.2, -0.15) is 8.78 Å². The summed E-state index contributed by atoms with van der Waals surface area (Å²) in [6.45, 7) is 8.05. The number of alkyl halides is 2. The van der Waals surface area contributed by atoms with Crippen molar-refractivity contribution in [2.75, 3.05) is 26.2 Å². The average Bonchev–Trinajstić information content (AvgIpc) is 2.92. The second-order valence-corrected chi connectivity index (χ2v) is 8.92. The van der Waals surface area contributed by atoms with E-state index in [2.05, 4.69) is 16.8 Å². The number of allylic oxidation sites excluding steroid dienone is 1. The molecule has 1 aromatic rings. The molecular weight excluding hydrogens is 334 g/mol. The molecule has 3 rings (SSSR count). The second kappa shape index (κ2) is 6.20. The third kappa shape index (κ3) is 3.12. The third-order valence-electron chi connectivity index (χ3n) is 4.93. The molecule has 2 fully saturated rings. The molecular formula is C17H22F2N2O2S. The van der Waals surface area contributed by atoms with Crippen molar-refractivity contribution in [1.29, 1.82) is 0 Å². The smallest absolute Gasteiger partial charge is 0.315 e. The Hall–Kier alpha value is -1.31. The molecule has 1 aromatic carbocycles. The van der Waals surface area contributed by atoms with Crippen molar-refractivity contribution in [3.63, 3.8) is 0 Å². The van der Waals surface area contributed by atoms with E-state index in [4.69, 9.17) is 0 Å². The van der Waals surface area contributed by atoms with Gasteiger partial charge in [0.2, 0.25) is 9.84 Å². The summed E-state index contributed by atoms with van der Waals surface area (Å²) in [6, 6.07) is 5.80. The number of sulfone groups is 1. The number of halogens is 2. The Balaban J connectivity index is 1.68. The number of likely N-dealkylation sites (tertiary alicyclic amines) is 1. The van der Waals surface area contributed by atoms with Crippen molar-refractivity contribution in [3.8, 4) is 0 Å². The monoisotopic (exact) mass is 356 g/mol. The topological polar surface area (TPSA) is 49.4 Å². The number of hydrogen-bond acceptors (Lipinski definition) is 4. The lowest BCUT2D eigenvalue weighted by Crippen LogP contribution is -2.54. The number of nitrogens with one attached hydrogen (secondary N) is 1. The van der Waals surface area contributed by atoms with Crippen molar-refractivity contribution in [3.05, 3.63) is 42.5 Å². The van der Waals surface area contributed by atoms with Crippen LogP contribution in [0.3, 0.4) is 0 Å². The minimum absolute atomic E-state index is 0.348. The van der Waals surface area contributed by atoms with Crippen LogP contribution in [0.1, 0.15) is 18.4 Å². The fourth-order valence-electron chi connectivity index (χ4n) is 3.41. The number of hydrogen-bond donors (Lipinski definition) is 1. The van der Waals surface area contributed by atoms with Gasteiger partial charge < -0.3 is 5.32 Å². The number of benzene rings is 1. The Bertz CT molecular complexity index is 713. The molecule has 0 bridgehead atoms. The van der Waals surface area contributed by atoms with Crippen LogP contribution in [0.25, 0.3) is 0 Å². The Morgan fingerprint density at radius 2 is 1.96 bits per heavy atom. The minimum atomic E-state index is -4.68. The maximum absolute atomic E-state index is 13.8. The molecule has 2 saturated heterocycles. The molecule has 0 atom stereocenters. The first-order chi connectivity index (χ1) is 11.3. The van der Waals surface area contributed by atoms with Gasteiger partial charge in [0.1, 0.15) is 0 Å². The van der Waals surface area contributed by atoms with Crippen LogP contribution in [0.4, 0.5) is 8.78 Å². The van der Waals surface area contributed by atoms with Crippen LogP contribution in [0.15, 0.2) is 41.8 Å². The summed E-state index contributed by atoms with van der Waals surface area (Å²) in [4.78, 5) is 1.98. The van der Waals surface area contributed by atoms with Gasteiger partial charge in [0.25, 0.3) is 0 Å². The highest BCUT2D eigenvalue weighted by Gasteiger charge is 2.45. The summed E-state index contributed by atoms with van der Waals surface area (Å²) < 4.78 is 51.6. The van der Waals surface area contributed by atoms with E-state index >= 15 is 0 Å². The molecule has 2 aliphatic heterocycles. The quantitative estimate of drug-likeness (QED) is 0.796. The van der Waals surface area contributed by atoms with Crippen molar-refractivity contribution in [2.24, 2.45) is 5.41 Å². The zero-order valence-corrected chi connectivity index (χ0v) is 14.3. The summed E-state index contributed by atoms with van der Waals surface area (Å²) in [6.07, 6.45) is 1.20. The molecule has 0 aromatic heterocycles. The molecule has 2 heterocycles. The zero-order chi connectivity index (χ0) is 17.4. The Morgan fingerprint density at radius 1 is 1.29 bits per heavy atom. The highest BCUT2D eigenvalue weighted by Crippen LogP contribution is 2.35. The highest BCUT2D eigenvalue weighted by molar-refractivity contribution is 7.92. The van der Waals surface area contributed by atoms with Crippen LogP contribution in [0.2, 0.25) is 0 Å². The van der Waals surface area contributed by atoms with E-state index in [9.17, 15) is 17.2 Å². The molecule has 132 valence electrons. The summed E-state index contributed by atoms with van der Waals surface area (Å²) in [5.74, 6) is 0. The molecule has 0 aliphatic carbocycles. The first-order valence-electron chi connectivity index (χ1n) is 8.03. The van der Waals surface area contributed by atoms with E-state index in [1.54, 1.807) is 12.1 Å². The Morgan fingerprint density at radius 3 is 2.46 bits per heavy atom. The van der Waals surface area contributed by atoms with Crippen molar-refractivity contribution in [1.82, 2.24) is 10.2 Å². The van der Waals surface area contributed by atoms with E-state index in [0.29, 0.717) is 12.0 Å². The molecule has 2 aliphatic rings. The first-order valence-corrected chi connectivity index (χ1v) is 9.52. The van der Waals surface area contributed by atoms with Gasteiger partial charge in [-0.25, -0.2) is 8.42 Å². The van der Waals surface area contributed by atoms with E-state index in [1.165, 1.54) is 18.6 Å². The van der Waals surface area contributed by atoms with Crippen LogP contribution in [0.5, 0.6) is 0 Å². The van der Waals surface area contributed by atoms with E-state index in [0.717, 1.165) is 37.8 Å². The average molecular weight is 356 g/mol. The normalized spacial score (nSPS) is 20.9. The van der Waals surface area contributed by atoms with Gasteiger partial charge in [-0.1, -0.05) is 18.2 Å². The van der Waals surface area contributed by atoms with Crippen LogP contribution in [-0.4, -0.2) is 44.8 Å². The lowest BCUT2D eigenvalue weighted by atomic mass is 9.81. The summed E-state index contributed by atoms with van der Waals surface area (Å²) in [7, 11) is -4.68. The van der Waals surface area contributed by atoms with Gasteiger partial charge in [0, 0.05) is 38.0 Å². The molecule has 0 unspecified atom stereocenters. The highest BCUT2D eigenvalue weighted by atomic mass is 32.2. The van der Waals surface area contributed by atoms with Gasteiger partial charge in [-0.15, -0.1) is 6.58 Å². The van der Waals surface area contributed by atoms with Crippen LogP contribution in [-0.2, 0) is 16.4 Å². The molecule has 0 amide bonds. The third-order valence-corrected chi connectivity index (χ3v) is 6.78. The fraction of sp³-hybridized carbons (Fsp3) is 0.529. The maximum atomic E-state index is 13.8. The van der Waals surface area contributed by atoms with Crippen molar-refractivity contribution < 1.29 is 17.2 Å². The Kier molecular flexibility index (Phi) is 4.53. The number of nitrogens with zero attached hydrogens (tertiary/aromatic N) is 1. The van der Waals surface area contributed by atoms with Gasteiger partial charge in [-0.3, -0.25) is 4.90 Å². The van der Waals surface area contributed by atoms with Gasteiger partial charge >= 0.3 is 5.25 Å².